The van der Waals surface area contributed by atoms with Gasteiger partial charge in [-0.1, -0.05) is 24.3 Å². The van der Waals surface area contributed by atoms with E-state index in [1.165, 1.54) is 0 Å². The molecule has 3 rings (SSSR count). The number of pyridine rings is 1. The van der Waals surface area contributed by atoms with E-state index in [2.05, 4.69) is 4.98 Å². The molecule has 1 atom stereocenters. The first-order chi connectivity index (χ1) is 9.24. The van der Waals surface area contributed by atoms with Crippen LogP contribution in [0.15, 0.2) is 36.4 Å². The Morgan fingerprint density at radius 1 is 1.26 bits per heavy atom. The predicted molar refractivity (Wildman–Crippen MR) is 72.9 cm³/mol. The molecule has 2 heterocycles. The molecule has 1 aromatic carbocycles. The van der Waals surface area contributed by atoms with Crippen molar-refractivity contribution in [2.45, 2.75) is 18.9 Å². The summed E-state index contributed by atoms with van der Waals surface area (Å²) < 4.78 is 0. The molecule has 0 radical (unpaired) electrons. The van der Waals surface area contributed by atoms with Gasteiger partial charge in [-0.25, -0.2) is 4.98 Å². The third-order valence-corrected chi connectivity index (χ3v) is 3.50. The molecule has 1 saturated heterocycles. The van der Waals surface area contributed by atoms with Crippen molar-refractivity contribution in [1.82, 2.24) is 9.88 Å². The van der Waals surface area contributed by atoms with E-state index >= 15 is 0 Å². The standard InChI is InChI=1S/C15H16N2O2/c18-12-5-3-9-17(10-12)15(19)14-8-7-11-4-1-2-6-13(11)16-14/h1-2,4,6-8,12,18H,3,5,9-10H2/t12-/m0/s1. The molecule has 4 nitrogen and oxygen atoms in total. The lowest BCUT2D eigenvalue weighted by Gasteiger charge is -2.29. The smallest absolute Gasteiger partial charge is 0.272 e. The fourth-order valence-corrected chi connectivity index (χ4v) is 2.49. The molecule has 0 unspecified atom stereocenters. The number of aliphatic hydroxyl groups is 1. The van der Waals surface area contributed by atoms with Crippen LogP contribution in [-0.2, 0) is 0 Å². The van der Waals surface area contributed by atoms with Gasteiger partial charge in [-0.05, 0) is 25.0 Å². The Bertz CT molecular complexity index is 612. The minimum atomic E-state index is -0.404. The summed E-state index contributed by atoms with van der Waals surface area (Å²) in [5.41, 5.74) is 1.28. The Morgan fingerprint density at radius 3 is 2.95 bits per heavy atom. The maximum atomic E-state index is 12.3. The third-order valence-electron chi connectivity index (χ3n) is 3.50. The lowest BCUT2D eigenvalue weighted by atomic mass is 10.1. The largest absolute Gasteiger partial charge is 0.391 e. The van der Waals surface area contributed by atoms with Gasteiger partial charge in [0.2, 0.25) is 0 Å². The van der Waals surface area contributed by atoms with Gasteiger partial charge in [-0.2, -0.15) is 0 Å². The number of amides is 1. The van der Waals surface area contributed by atoms with E-state index in [9.17, 15) is 9.90 Å². The molecule has 1 aliphatic rings. The zero-order valence-electron chi connectivity index (χ0n) is 10.6. The summed E-state index contributed by atoms with van der Waals surface area (Å²) in [5.74, 6) is -0.0931. The van der Waals surface area contributed by atoms with E-state index in [1.54, 1.807) is 11.0 Å². The first kappa shape index (κ1) is 12.1. The van der Waals surface area contributed by atoms with Crippen LogP contribution >= 0.6 is 0 Å². The number of carbonyl (C=O) groups excluding carboxylic acids is 1. The SMILES string of the molecule is O=C(c1ccc2ccccc2n1)N1CCC[C@H](O)C1. The highest BCUT2D eigenvalue weighted by atomic mass is 16.3. The van der Waals surface area contributed by atoms with Gasteiger partial charge in [0.05, 0.1) is 11.6 Å². The van der Waals surface area contributed by atoms with Crippen LogP contribution in [0.25, 0.3) is 10.9 Å². The molecule has 19 heavy (non-hydrogen) atoms. The molecule has 1 amide bonds. The molecule has 1 fully saturated rings. The Morgan fingerprint density at radius 2 is 2.11 bits per heavy atom. The second-order valence-electron chi connectivity index (χ2n) is 4.94. The van der Waals surface area contributed by atoms with Crippen LogP contribution in [0.1, 0.15) is 23.3 Å². The minimum absolute atomic E-state index is 0.0931. The normalized spacial score (nSPS) is 19.6. The number of β-amino-alcohol motifs (C(OH)–C–C–N with tert-alkyl or cyclic N) is 1. The Kier molecular flexibility index (Phi) is 3.17. The van der Waals surface area contributed by atoms with Crippen molar-refractivity contribution in [2.75, 3.05) is 13.1 Å². The Labute approximate surface area is 111 Å². The molecule has 0 aliphatic carbocycles. The summed E-state index contributed by atoms with van der Waals surface area (Å²) in [6.07, 6.45) is 1.22. The number of likely N-dealkylation sites (tertiary alicyclic amines) is 1. The van der Waals surface area contributed by atoms with Crippen LogP contribution in [0.2, 0.25) is 0 Å². The van der Waals surface area contributed by atoms with E-state index in [4.69, 9.17) is 0 Å². The number of nitrogens with zero attached hydrogens (tertiary/aromatic N) is 2. The Hall–Kier alpha value is -1.94. The molecule has 0 saturated carbocycles. The molecule has 4 heteroatoms. The van der Waals surface area contributed by atoms with Crippen molar-refractivity contribution >= 4 is 16.8 Å². The number of aromatic nitrogens is 1. The molecule has 2 aromatic rings. The molecular formula is C15H16N2O2. The summed E-state index contributed by atoms with van der Waals surface area (Å²) in [4.78, 5) is 18.4. The first-order valence-electron chi connectivity index (χ1n) is 6.57. The summed E-state index contributed by atoms with van der Waals surface area (Å²) in [6.45, 7) is 1.11. The van der Waals surface area contributed by atoms with Gasteiger partial charge in [0.25, 0.3) is 5.91 Å². The van der Waals surface area contributed by atoms with Crippen molar-refractivity contribution < 1.29 is 9.90 Å². The molecule has 0 spiro atoms. The van der Waals surface area contributed by atoms with Crippen LogP contribution in [-0.4, -0.2) is 40.1 Å². The highest BCUT2D eigenvalue weighted by Gasteiger charge is 2.23. The molecule has 1 aliphatic heterocycles. The summed E-state index contributed by atoms with van der Waals surface area (Å²) >= 11 is 0. The lowest BCUT2D eigenvalue weighted by Crippen LogP contribution is -2.42. The number of aliphatic hydroxyl groups excluding tert-OH is 1. The number of carbonyl (C=O) groups is 1. The maximum Gasteiger partial charge on any atom is 0.272 e. The van der Waals surface area contributed by atoms with E-state index < -0.39 is 6.10 Å². The molecule has 0 bridgehead atoms. The van der Waals surface area contributed by atoms with Crippen molar-refractivity contribution in [3.8, 4) is 0 Å². The van der Waals surface area contributed by atoms with E-state index in [0.717, 1.165) is 23.7 Å². The van der Waals surface area contributed by atoms with Gasteiger partial charge in [0.15, 0.2) is 0 Å². The highest BCUT2D eigenvalue weighted by molar-refractivity contribution is 5.95. The average Bonchev–Trinajstić information content (AvgIpc) is 2.46. The fraction of sp³-hybridized carbons (Fsp3) is 0.333. The van der Waals surface area contributed by atoms with Gasteiger partial charge in [0.1, 0.15) is 5.69 Å². The Balaban J connectivity index is 1.88. The number of hydrogen-bond donors (Lipinski definition) is 1. The van der Waals surface area contributed by atoms with Crippen LogP contribution in [0.4, 0.5) is 0 Å². The van der Waals surface area contributed by atoms with Gasteiger partial charge in [0, 0.05) is 18.5 Å². The minimum Gasteiger partial charge on any atom is -0.391 e. The quantitative estimate of drug-likeness (QED) is 0.847. The number of fused-ring (bicyclic) bond motifs is 1. The van der Waals surface area contributed by atoms with E-state index in [-0.39, 0.29) is 5.91 Å². The van der Waals surface area contributed by atoms with Gasteiger partial charge in [-0.3, -0.25) is 4.79 Å². The number of piperidine rings is 1. The topological polar surface area (TPSA) is 53.4 Å². The van der Waals surface area contributed by atoms with Crippen molar-refractivity contribution in [2.24, 2.45) is 0 Å². The lowest BCUT2D eigenvalue weighted by molar-refractivity contribution is 0.0469. The second-order valence-corrected chi connectivity index (χ2v) is 4.94. The van der Waals surface area contributed by atoms with Crippen LogP contribution in [0.3, 0.4) is 0 Å². The van der Waals surface area contributed by atoms with E-state index in [0.29, 0.717) is 18.8 Å². The number of rotatable bonds is 1. The zero-order valence-corrected chi connectivity index (χ0v) is 10.6. The molecule has 1 aromatic heterocycles. The predicted octanol–water partition coefficient (Wildman–Crippen LogP) is 1.83. The molecule has 1 N–H and O–H groups in total. The van der Waals surface area contributed by atoms with Crippen LogP contribution in [0, 0.1) is 0 Å². The number of para-hydroxylation sites is 1. The fourth-order valence-electron chi connectivity index (χ4n) is 2.49. The van der Waals surface area contributed by atoms with E-state index in [1.807, 2.05) is 30.3 Å². The van der Waals surface area contributed by atoms with Crippen molar-refractivity contribution in [3.05, 3.63) is 42.1 Å². The van der Waals surface area contributed by atoms with Gasteiger partial charge >= 0.3 is 0 Å². The second kappa shape index (κ2) is 4.97. The summed E-state index contributed by atoms with van der Waals surface area (Å²) in [5, 5.41) is 10.7. The highest BCUT2D eigenvalue weighted by Crippen LogP contribution is 2.16. The van der Waals surface area contributed by atoms with Crippen LogP contribution < -0.4 is 0 Å². The number of benzene rings is 1. The maximum absolute atomic E-state index is 12.3. The first-order valence-corrected chi connectivity index (χ1v) is 6.57. The summed E-state index contributed by atoms with van der Waals surface area (Å²) in [7, 11) is 0. The van der Waals surface area contributed by atoms with Gasteiger partial charge < -0.3 is 10.0 Å². The monoisotopic (exact) mass is 256 g/mol. The average molecular weight is 256 g/mol. The summed E-state index contributed by atoms with van der Waals surface area (Å²) in [6, 6.07) is 11.4. The van der Waals surface area contributed by atoms with Gasteiger partial charge in [-0.15, -0.1) is 0 Å². The number of hydrogen-bond acceptors (Lipinski definition) is 3. The van der Waals surface area contributed by atoms with Crippen LogP contribution in [0.5, 0.6) is 0 Å². The molecule has 98 valence electrons. The zero-order chi connectivity index (χ0) is 13.2. The molecular weight excluding hydrogens is 240 g/mol. The third kappa shape index (κ3) is 2.44. The van der Waals surface area contributed by atoms with Crippen molar-refractivity contribution in [3.63, 3.8) is 0 Å². The van der Waals surface area contributed by atoms with Crippen molar-refractivity contribution in [1.29, 1.82) is 0 Å².